The highest BCUT2D eigenvalue weighted by Gasteiger charge is 2.23. The topological polar surface area (TPSA) is 76.0 Å². The highest BCUT2D eigenvalue weighted by molar-refractivity contribution is 5.75. The lowest BCUT2D eigenvalue weighted by molar-refractivity contribution is -0.147. The van der Waals surface area contributed by atoms with Gasteiger partial charge in [-0.25, -0.2) is 4.79 Å². The highest BCUT2D eigenvalue weighted by atomic mass is 16.5. The van der Waals surface area contributed by atoms with Gasteiger partial charge in [-0.2, -0.15) is 0 Å². The molecule has 1 aromatic carbocycles. The summed E-state index contributed by atoms with van der Waals surface area (Å²) in [5, 5.41) is 18.7. The number of carboxylic acids is 1. The molecule has 2 N–H and O–H groups in total. The average molecular weight is 266 g/mol. The summed E-state index contributed by atoms with van der Waals surface area (Å²) in [4.78, 5) is 10.9. The molecule has 1 saturated heterocycles. The molecular weight excluding hydrogens is 248 g/mol. The van der Waals surface area contributed by atoms with Crippen LogP contribution in [0.2, 0.25) is 0 Å². The van der Waals surface area contributed by atoms with E-state index in [1.165, 1.54) is 7.11 Å². The number of benzene rings is 1. The van der Waals surface area contributed by atoms with Crippen LogP contribution in [-0.2, 0) is 9.53 Å². The normalized spacial score (nSPS) is 18.0. The fraction of sp³-hybridized carbons (Fsp3) is 0.500. The number of aliphatic hydroxyl groups is 1. The molecule has 0 aliphatic carbocycles. The van der Waals surface area contributed by atoms with Crippen LogP contribution < -0.4 is 4.74 Å². The second-order valence-electron chi connectivity index (χ2n) is 4.63. The summed E-state index contributed by atoms with van der Waals surface area (Å²) in [6, 6.07) is 5.37. The maximum Gasteiger partial charge on any atom is 0.337 e. The smallest absolute Gasteiger partial charge is 0.337 e. The summed E-state index contributed by atoms with van der Waals surface area (Å²) in [5.74, 6) is -0.535. The quantitative estimate of drug-likeness (QED) is 0.867. The molecular formula is C14H18O5. The van der Waals surface area contributed by atoms with Crippen LogP contribution in [0.3, 0.4) is 0 Å². The van der Waals surface area contributed by atoms with Gasteiger partial charge in [0.15, 0.2) is 6.10 Å². The zero-order valence-electron chi connectivity index (χ0n) is 10.8. The van der Waals surface area contributed by atoms with Gasteiger partial charge in [0.05, 0.1) is 7.11 Å². The fourth-order valence-corrected chi connectivity index (χ4v) is 2.38. The van der Waals surface area contributed by atoms with Gasteiger partial charge in [-0.1, -0.05) is 6.07 Å². The standard InChI is InChI=1S/C14H18O5/c1-18-12-3-2-10(9-4-6-19-7-5-9)8-11(12)13(15)14(16)17/h2-3,8-9,13,15H,4-7H2,1H3,(H,16,17). The van der Waals surface area contributed by atoms with Crippen LogP contribution in [0.4, 0.5) is 0 Å². The van der Waals surface area contributed by atoms with Crippen LogP contribution in [0.5, 0.6) is 5.75 Å². The molecule has 0 amide bonds. The van der Waals surface area contributed by atoms with Crippen molar-refractivity contribution in [1.82, 2.24) is 0 Å². The third kappa shape index (κ3) is 3.05. The molecule has 104 valence electrons. The first-order valence-electron chi connectivity index (χ1n) is 6.30. The largest absolute Gasteiger partial charge is 0.496 e. The second kappa shape index (κ2) is 6.04. The SMILES string of the molecule is COc1ccc(C2CCOCC2)cc1C(O)C(=O)O. The monoisotopic (exact) mass is 266 g/mol. The number of hydrogen-bond donors (Lipinski definition) is 2. The van der Waals surface area contributed by atoms with E-state index in [2.05, 4.69) is 0 Å². The van der Waals surface area contributed by atoms with Crippen LogP contribution in [0.25, 0.3) is 0 Å². The number of hydrogen-bond acceptors (Lipinski definition) is 4. The first-order chi connectivity index (χ1) is 9.13. The van der Waals surface area contributed by atoms with Crippen molar-refractivity contribution in [2.45, 2.75) is 24.9 Å². The average Bonchev–Trinajstić information content (AvgIpc) is 2.46. The van der Waals surface area contributed by atoms with Crippen LogP contribution in [-0.4, -0.2) is 36.5 Å². The predicted octanol–water partition coefficient (Wildman–Crippen LogP) is 1.71. The summed E-state index contributed by atoms with van der Waals surface area (Å²) < 4.78 is 10.4. The van der Waals surface area contributed by atoms with E-state index >= 15 is 0 Å². The van der Waals surface area contributed by atoms with Crippen molar-refractivity contribution in [2.75, 3.05) is 20.3 Å². The Morgan fingerprint density at radius 2 is 2.11 bits per heavy atom. The first kappa shape index (κ1) is 13.8. The van der Waals surface area contributed by atoms with Crippen molar-refractivity contribution in [3.8, 4) is 5.75 Å². The van der Waals surface area contributed by atoms with Crippen molar-refractivity contribution < 1.29 is 24.5 Å². The number of carboxylic acid groups (broad SMARTS) is 1. The van der Waals surface area contributed by atoms with Gasteiger partial charge in [0, 0.05) is 18.8 Å². The van der Waals surface area contributed by atoms with E-state index in [4.69, 9.17) is 14.6 Å². The van der Waals surface area contributed by atoms with Crippen molar-refractivity contribution in [2.24, 2.45) is 0 Å². The first-order valence-corrected chi connectivity index (χ1v) is 6.30. The number of methoxy groups -OCH3 is 1. The van der Waals surface area contributed by atoms with Gasteiger partial charge in [0.1, 0.15) is 5.75 Å². The Labute approximate surface area is 111 Å². The molecule has 1 heterocycles. The summed E-state index contributed by atoms with van der Waals surface area (Å²) in [6.07, 6.45) is 0.263. The molecule has 0 aromatic heterocycles. The molecule has 1 aliphatic heterocycles. The van der Waals surface area contributed by atoms with Gasteiger partial charge in [-0.05, 0) is 36.5 Å². The van der Waals surface area contributed by atoms with E-state index in [1.807, 2.05) is 6.07 Å². The Hall–Kier alpha value is -1.59. The van der Waals surface area contributed by atoms with Crippen LogP contribution in [0.15, 0.2) is 18.2 Å². The van der Waals surface area contributed by atoms with E-state index < -0.39 is 12.1 Å². The summed E-state index contributed by atoms with van der Waals surface area (Å²) in [7, 11) is 1.46. The van der Waals surface area contributed by atoms with Crippen molar-refractivity contribution in [3.63, 3.8) is 0 Å². The minimum Gasteiger partial charge on any atom is -0.496 e. The van der Waals surface area contributed by atoms with Gasteiger partial charge >= 0.3 is 5.97 Å². The van der Waals surface area contributed by atoms with E-state index in [1.54, 1.807) is 12.1 Å². The minimum atomic E-state index is -1.56. The Morgan fingerprint density at radius 1 is 1.42 bits per heavy atom. The van der Waals surface area contributed by atoms with Crippen LogP contribution in [0, 0.1) is 0 Å². The molecule has 1 aliphatic rings. The van der Waals surface area contributed by atoms with E-state index in [-0.39, 0.29) is 0 Å². The lowest BCUT2D eigenvalue weighted by Crippen LogP contribution is -2.16. The molecule has 2 rings (SSSR count). The number of aliphatic hydroxyl groups excluding tert-OH is 1. The molecule has 0 radical (unpaired) electrons. The van der Waals surface area contributed by atoms with Crippen molar-refractivity contribution in [1.29, 1.82) is 0 Å². The van der Waals surface area contributed by atoms with E-state index in [0.29, 0.717) is 30.4 Å². The van der Waals surface area contributed by atoms with Gasteiger partial charge in [-0.15, -0.1) is 0 Å². The Bertz CT molecular complexity index is 451. The van der Waals surface area contributed by atoms with Crippen LogP contribution >= 0.6 is 0 Å². The molecule has 19 heavy (non-hydrogen) atoms. The number of rotatable bonds is 4. The molecule has 5 nitrogen and oxygen atoms in total. The molecule has 1 atom stereocenters. The molecule has 5 heteroatoms. The lowest BCUT2D eigenvalue weighted by atomic mass is 9.89. The van der Waals surface area contributed by atoms with Gasteiger partial charge < -0.3 is 19.7 Å². The molecule has 0 saturated carbocycles. The third-order valence-corrected chi connectivity index (χ3v) is 3.47. The van der Waals surface area contributed by atoms with Gasteiger partial charge in [0.25, 0.3) is 0 Å². The molecule has 1 fully saturated rings. The maximum absolute atomic E-state index is 10.9. The number of ether oxygens (including phenoxy) is 2. The second-order valence-corrected chi connectivity index (χ2v) is 4.63. The summed E-state index contributed by atoms with van der Waals surface area (Å²) in [5.41, 5.74) is 1.33. The zero-order valence-corrected chi connectivity index (χ0v) is 10.8. The zero-order chi connectivity index (χ0) is 13.8. The molecule has 0 bridgehead atoms. The van der Waals surface area contributed by atoms with Gasteiger partial charge in [0.2, 0.25) is 0 Å². The Morgan fingerprint density at radius 3 is 2.68 bits per heavy atom. The summed E-state index contributed by atoms with van der Waals surface area (Å²) in [6.45, 7) is 1.43. The highest BCUT2D eigenvalue weighted by Crippen LogP contribution is 2.33. The molecule has 1 unspecified atom stereocenters. The van der Waals surface area contributed by atoms with Crippen molar-refractivity contribution >= 4 is 5.97 Å². The van der Waals surface area contributed by atoms with Crippen molar-refractivity contribution in [3.05, 3.63) is 29.3 Å². The van der Waals surface area contributed by atoms with Gasteiger partial charge in [-0.3, -0.25) is 0 Å². The molecule has 1 aromatic rings. The maximum atomic E-state index is 10.9. The van der Waals surface area contributed by atoms with E-state index in [9.17, 15) is 9.90 Å². The predicted molar refractivity (Wildman–Crippen MR) is 68.4 cm³/mol. The fourth-order valence-electron chi connectivity index (χ4n) is 2.38. The minimum absolute atomic E-state index is 0.305. The number of aliphatic carboxylic acids is 1. The molecule has 0 spiro atoms. The summed E-state index contributed by atoms with van der Waals surface area (Å²) >= 11 is 0. The lowest BCUT2D eigenvalue weighted by Gasteiger charge is -2.23. The Balaban J connectivity index is 2.31. The number of carbonyl (C=O) groups is 1. The Kier molecular flexibility index (Phi) is 4.39. The van der Waals surface area contributed by atoms with E-state index in [0.717, 1.165) is 18.4 Å². The third-order valence-electron chi connectivity index (χ3n) is 3.47. The van der Waals surface area contributed by atoms with Crippen LogP contribution in [0.1, 0.15) is 36.0 Å².